The number of para-hydroxylation sites is 2. The van der Waals surface area contributed by atoms with Crippen molar-refractivity contribution in [2.75, 3.05) is 18.0 Å². The molecule has 0 saturated carbocycles. The van der Waals surface area contributed by atoms with Gasteiger partial charge in [-0.2, -0.15) is 0 Å². The average molecular weight is 495 g/mol. The minimum Gasteiger partial charge on any atom is -0.497 e. The highest BCUT2D eigenvalue weighted by Gasteiger charge is 2.38. The van der Waals surface area contributed by atoms with Gasteiger partial charge in [0, 0.05) is 0 Å². The van der Waals surface area contributed by atoms with E-state index in [0.717, 1.165) is 11.3 Å². The first kappa shape index (κ1) is 24.6. The van der Waals surface area contributed by atoms with Crippen LogP contribution < -0.4 is 19.1 Å². The number of benzene rings is 3. The van der Waals surface area contributed by atoms with Crippen molar-refractivity contribution in [2.45, 2.75) is 37.3 Å². The number of ether oxygens (including phenoxy) is 2. The Balaban J connectivity index is 1.62. The topological polar surface area (TPSA) is 84.9 Å². The van der Waals surface area contributed by atoms with E-state index in [9.17, 15) is 13.2 Å². The molecule has 0 fully saturated rings. The van der Waals surface area contributed by atoms with Crippen molar-refractivity contribution >= 4 is 21.6 Å². The molecule has 0 radical (unpaired) electrons. The van der Waals surface area contributed by atoms with Crippen molar-refractivity contribution in [1.29, 1.82) is 0 Å². The van der Waals surface area contributed by atoms with Crippen LogP contribution in [0.2, 0.25) is 0 Å². The Morgan fingerprint density at radius 2 is 1.69 bits per heavy atom. The standard InChI is InChI=1S/C27H30N2O5S/c1-19(2)17-23(20-13-15-21(33-3)16-14-20)28-27(30)26-18-29(24-11-7-8-12-25(24)34-26)35(31,32)22-9-5-4-6-10-22/h4-16,19,23,26H,17-18H2,1-3H3,(H,28,30)/t23-,26-/m0/s1. The zero-order valence-corrected chi connectivity index (χ0v) is 20.9. The molecule has 0 aliphatic carbocycles. The number of nitrogens with zero attached hydrogens (tertiary/aromatic N) is 1. The molecule has 7 nitrogen and oxygen atoms in total. The van der Waals surface area contributed by atoms with E-state index in [1.165, 1.54) is 4.31 Å². The van der Waals surface area contributed by atoms with Crippen LogP contribution in [0.4, 0.5) is 5.69 Å². The molecule has 0 unspecified atom stereocenters. The molecule has 4 rings (SSSR count). The Labute approximate surface area is 206 Å². The summed E-state index contributed by atoms with van der Waals surface area (Å²) < 4.78 is 39.5. The number of carbonyl (C=O) groups is 1. The molecule has 35 heavy (non-hydrogen) atoms. The van der Waals surface area contributed by atoms with Gasteiger partial charge in [0.2, 0.25) is 0 Å². The minimum absolute atomic E-state index is 0.128. The quantitative estimate of drug-likeness (QED) is 0.496. The molecule has 0 saturated heterocycles. The van der Waals surface area contributed by atoms with Crippen molar-refractivity contribution in [3.8, 4) is 11.5 Å². The lowest BCUT2D eigenvalue weighted by atomic mass is 9.96. The maximum Gasteiger partial charge on any atom is 0.264 e. The fourth-order valence-electron chi connectivity index (χ4n) is 4.14. The highest BCUT2D eigenvalue weighted by molar-refractivity contribution is 7.92. The third-order valence-electron chi connectivity index (χ3n) is 5.90. The Morgan fingerprint density at radius 3 is 2.34 bits per heavy atom. The Morgan fingerprint density at radius 1 is 1.03 bits per heavy atom. The number of hydrogen-bond donors (Lipinski definition) is 1. The summed E-state index contributed by atoms with van der Waals surface area (Å²) in [6, 6.07) is 22.4. The van der Waals surface area contributed by atoms with Gasteiger partial charge in [0.05, 0.1) is 30.3 Å². The van der Waals surface area contributed by atoms with E-state index in [2.05, 4.69) is 19.2 Å². The van der Waals surface area contributed by atoms with Crippen molar-refractivity contribution in [3.63, 3.8) is 0 Å². The predicted molar refractivity (Wildman–Crippen MR) is 135 cm³/mol. The van der Waals surface area contributed by atoms with Crippen LogP contribution in [0.15, 0.2) is 83.8 Å². The first-order chi connectivity index (χ1) is 16.8. The number of carbonyl (C=O) groups excluding carboxylic acids is 1. The van der Waals surface area contributed by atoms with Gasteiger partial charge in [-0.25, -0.2) is 8.42 Å². The van der Waals surface area contributed by atoms with Gasteiger partial charge in [-0.15, -0.1) is 0 Å². The van der Waals surface area contributed by atoms with Gasteiger partial charge in [-0.3, -0.25) is 9.10 Å². The van der Waals surface area contributed by atoms with Crippen LogP contribution in [0.3, 0.4) is 0 Å². The van der Waals surface area contributed by atoms with Gasteiger partial charge >= 0.3 is 0 Å². The number of rotatable bonds is 8. The summed E-state index contributed by atoms with van der Waals surface area (Å²) in [5.41, 5.74) is 1.35. The largest absolute Gasteiger partial charge is 0.497 e. The van der Waals surface area contributed by atoms with E-state index in [1.807, 2.05) is 24.3 Å². The van der Waals surface area contributed by atoms with Crippen molar-refractivity contribution in [2.24, 2.45) is 5.92 Å². The molecule has 1 aliphatic rings. The van der Waals surface area contributed by atoms with Crippen molar-refractivity contribution in [3.05, 3.63) is 84.4 Å². The van der Waals surface area contributed by atoms with Gasteiger partial charge in [0.15, 0.2) is 6.10 Å². The molecule has 184 valence electrons. The Kier molecular flexibility index (Phi) is 7.31. The summed E-state index contributed by atoms with van der Waals surface area (Å²) in [6.45, 7) is 4.05. The molecule has 2 atom stereocenters. The van der Waals surface area contributed by atoms with Crippen LogP contribution in [0, 0.1) is 5.92 Å². The maximum atomic E-state index is 13.5. The van der Waals surface area contributed by atoms with Gasteiger partial charge in [0.1, 0.15) is 11.5 Å². The number of hydrogen-bond acceptors (Lipinski definition) is 5. The summed E-state index contributed by atoms with van der Waals surface area (Å²) in [4.78, 5) is 13.6. The molecule has 0 spiro atoms. The number of anilines is 1. The molecule has 1 heterocycles. The molecular weight excluding hydrogens is 464 g/mol. The Hall–Kier alpha value is -3.52. The van der Waals surface area contributed by atoms with E-state index in [0.29, 0.717) is 23.8 Å². The molecule has 3 aromatic rings. The number of amides is 1. The Bertz CT molecular complexity index is 1260. The fourth-order valence-corrected chi connectivity index (χ4v) is 5.63. The number of sulfonamides is 1. The van der Waals surface area contributed by atoms with Crippen LogP contribution in [0.5, 0.6) is 11.5 Å². The third-order valence-corrected chi connectivity index (χ3v) is 7.69. The van der Waals surface area contributed by atoms with Gasteiger partial charge in [-0.1, -0.05) is 56.3 Å². The van der Waals surface area contributed by atoms with E-state index in [1.54, 1.807) is 61.7 Å². The number of fused-ring (bicyclic) bond motifs is 1. The fraction of sp³-hybridized carbons (Fsp3) is 0.296. The monoisotopic (exact) mass is 494 g/mol. The van der Waals surface area contributed by atoms with Crippen LogP contribution in [0.25, 0.3) is 0 Å². The predicted octanol–water partition coefficient (Wildman–Crippen LogP) is 4.56. The second-order valence-corrected chi connectivity index (χ2v) is 10.7. The second-order valence-electron chi connectivity index (χ2n) is 8.89. The second kappa shape index (κ2) is 10.4. The average Bonchev–Trinajstić information content (AvgIpc) is 2.87. The SMILES string of the molecule is COc1ccc([C@H](CC(C)C)NC(=O)[C@@H]2CN(S(=O)(=O)c3ccccc3)c3ccccc3O2)cc1. The van der Waals surface area contributed by atoms with Gasteiger partial charge in [-0.05, 0) is 54.3 Å². The molecule has 3 aromatic carbocycles. The van der Waals surface area contributed by atoms with Crippen molar-refractivity contribution in [1.82, 2.24) is 5.32 Å². The van der Waals surface area contributed by atoms with E-state index >= 15 is 0 Å². The lowest BCUT2D eigenvalue weighted by Crippen LogP contribution is -2.51. The molecule has 0 aromatic heterocycles. The van der Waals surface area contributed by atoms with Crippen LogP contribution in [-0.4, -0.2) is 34.1 Å². The molecular formula is C27H30N2O5S. The third kappa shape index (κ3) is 5.43. The smallest absolute Gasteiger partial charge is 0.264 e. The normalized spacial score (nSPS) is 16.2. The molecule has 1 amide bonds. The molecule has 0 bridgehead atoms. The first-order valence-electron chi connectivity index (χ1n) is 11.6. The van der Waals surface area contributed by atoms with E-state index in [-0.39, 0.29) is 23.4 Å². The summed E-state index contributed by atoms with van der Waals surface area (Å²) in [7, 11) is -2.28. The van der Waals surface area contributed by atoms with Gasteiger partial charge < -0.3 is 14.8 Å². The van der Waals surface area contributed by atoms with Gasteiger partial charge in [0.25, 0.3) is 15.9 Å². The lowest BCUT2D eigenvalue weighted by Gasteiger charge is -2.35. The summed E-state index contributed by atoms with van der Waals surface area (Å²) >= 11 is 0. The molecule has 8 heteroatoms. The summed E-state index contributed by atoms with van der Waals surface area (Å²) in [6.07, 6.45) is -0.288. The van der Waals surface area contributed by atoms with E-state index in [4.69, 9.17) is 9.47 Å². The van der Waals surface area contributed by atoms with Crippen LogP contribution in [0.1, 0.15) is 31.9 Å². The van der Waals surface area contributed by atoms with Crippen LogP contribution in [-0.2, 0) is 14.8 Å². The maximum absolute atomic E-state index is 13.5. The lowest BCUT2D eigenvalue weighted by molar-refractivity contribution is -0.128. The highest BCUT2D eigenvalue weighted by Crippen LogP contribution is 2.37. The number of nitrogens with one attached hydrogen (secondary N) is 1. The van der Waals surface area contributed by atoms with E-state index < -0.39 is 16.1 Å². The summed E-state index contributed by atoms with van der Waals surface area (Å²) in [5, 5.41) is 3.09. The highest BCUT2D eigenvalue weighted by atomic mass is 32.2. The van der Waals surface area contributed by atoms with Crippen molar-refractivity contribution < 1.29 is 22.7 Å². The number of methoxy groups -OCH3 is 1. The molecule has 1 N–H and O–H groups in total. The zero-order valence-electron chi connectivity index (χ0n) is 20.0. The molecule has 1 aliphatic heterocycles. The minimum atomic E-state index is -3.89. The first-order valence-corrected chi connectivity index (χ1v) is 13.0. The van der Waals surface area contributed by atoms with Crippen LogP contribution >= 0.6 is 0 Å². The summed E-state index contributed by atoms with van der Waals surface area (Å²) in [5.74, 6) is 1.04. The zero-order chi connectivity index (χ0) is 25.0.